The van der Waals surface area contributed by atoms with Gasteiger partial charge in [-0.15, -0.1) is 11.3 Å². The van der Waals surface area contributed by atoms with Crippen LogP contribution >= 0.6 is 11.3 Å². The molecule has 1 aromatic heterocycles. The first-order valence-corrected chi connectivity index (χ1v) is 12.1. The lowest BCUT2D eigenvalue weighted by molar-refractivity contribution is -0.136. The summed E-state index contributed by atoms with van der Waals surface area (Å²) in [5, 5.41) is 14.4. The Morgan fingerprint density at radius 2 is 1.85 bits per heavy atom. The van der Waals surface area contributed by atoms with E-state index in [1.54, 1.807) is 11.3 Å². The summed E-state index contributed by atoms with van der Waals surface area (Å²) in [5.41, 5.74) is 3.26. The zero-order valence-corrected chi connectivity index (χ0v) is 20.2. The lowest BCUT2D eigenvalue weighted by atomic mass is 9.97. The summed E-state index contributed by atoms with van der Waals surface area (Å²) in [5.74, 6) is 0.0950. The summed E-state index contributed by atoms with van der Waals surface area (Å²) >= 11 is 1.65. The van der Waals surface area contributed by atoms with Gasteiger partial charge in [0.15, 0.2) is 0 Å². The second-order valence-corrected chi connectivity index (χ2v) is 9.56. The molecule has 3 aromatic rings. The van der Waals surface area contributed by atoms with E-state index in [9.17, 15) is 9.59 Å². The zero-order valence-electron chi connectivity index (χ0n) is 19.3. The van der Waals surface area contributed by atoms with Crippen molar-refractivity contribution in [2.45, 2.75) is 52.7 Å². The van der Waals surface area contributed by atoms with Crippen molar-refractivity contribution in [3.63, 3.8) is 0 Å². The third-order valence-electron chi connectivity index (χ3n) is 5.41. The van der Waals surface area contributed by atoms with Crippen LogP contribution in [0.25, 0.3) is 0 Å². The number of ether oxygens (including phenoxy) is 1. The Hall–Kier alpha value is -3.12. The number of para-hydroxylation sites is 1. The monoisotopic (exact) mass is 465 g/mol. The Morgan fingerprint density at radius 3 is 2.48 bits per heavy atom. The molecule has 5 nitrogen and oxygen atoms in total. The van der Waals surface area contributed by atoms with Crippen LogP contribution in [0, 0.1) is 12.8 Å². The number of carbonyl (C=O) groups excluding carboxylic acids is 1. The number of amides is 1. The lowest BCUT2D eigenvalue weighted by Crippen LogP contribution is -2.30. The first kappa shape index (κ1) is 24.5. The molecular formula is C27H31NO4S. The highest BCUT2D eigenvalue weighted by Gasteiger charge is 2.22. The van der Waals surface area contributed by atoms with Gasteiger partial charge in [-0.3, -0.25) is 9.59 Å². The van der Waals surface area contributed by atoms with E-state index < -0.39 is 5.97 Å². The van der Waals surface area contributed by atoms with Crippen molar-refractivity contribution in [3.8, 4) is 5.75 Å². The Labute approximate surface area is 199 Å². The Balaban J connectivity index is 1.85. The summed E-state index contributed by atoms with van der Waals surface area (Å²) in [4.78, 5) is 25.8. The Morgan fingerprint density at radius 1 is 1.09 bits per heavy atom. The van der Waals surface area contributed by atoms with Gasteiger partial charge in [0.25, 0.3) is 5.91 Å². The van der Waals surface area contributed by atoms with Crippen molar-refractivity contribution in [2.75, 3.05) is 0 Å². The molecule has 0 aliphatic heterocycles. The van der Waals surface area contributed by atoms with Gasteiger partial charge in [0.1, 0.15) is 12.4 Å². The van der Waals surface area contributed by atoms with E-state index in [-0.39, 0.29) is 18.4 Å². The zero-order chi connectivity index (χ0) is 23.8. The number of nitrogens with one attached hydrogen (secondary N) is 1. The molecule has 0 radical (unpaired) electrons. The van der Waals surface area contributed by atoms with Gasteiger partial charge in [-0.05, 0) is 72.0 Å². The van der Waals surface area contributed by atoms with E-state index in [1.807, 2.05) is 53.9 Å². The van der Waals surface area contributed by atoms with Crippen molar-refractivity contribution in [1.82, 2.24) is 5.32 Å². The van der Waals surface area contributed by atoms with Crippen molar-refractivity contribution >= 4 is 23.2 Å². The van der Waals surface area contributed by atoms with Crippen LogP contribution in [-0.2, 0) is 17.8 Å². The van der Waals surface area contributed by atoms with Crippen LogP contribution in [-0.4, -0.2) is 17.0 Å². The molecule has 0 aliphatic carbocycles. The molecule has 0 saturated heterocycles. The van der Waals surface area contributed by atoms with Crippen molar-refractivity contribution in [1.29, 1.82) is 0 Å². The normalized spacial score (nSPS) is 11.9. The number of rotatable bonds is 11. The number of aryl methyl sites for hydroxylation is 2. The fourth-order valence-electron chi connectivity index (χ4n) is 3.75. The maximum absolute atomic E-state index is 13.4. The Bertz CT molecular complexity index is 1070. The van der Waals surface area contributed by atoms with Crippen molar-refractivity contribution in [2.24, 2.45) is 5.92 Å². The second kappa shape index (κ2) is 11.7. The smallest absolute Gasteiger partial charge is 0.303 e. The number of carbonyl (C=O) groups is 2. The predicted octanol–water partition coefficient (Wildman–Crippen LogP) is 6.17. The third-order valence-corrected chi connectivity index (χ3v) is 6.54. The van der Waals surface area contributed by atoms with Crippen molar-refractivity contribution in [3.05, 3.63) is 87.1 Å². The standard InChI is InChI=1S/C27H31NO4S/c1-18(2)15-24(26-19(3)13-14-33-26)28-27(31)23-16-20(9-10-21(23)11-12-25(29)30)17-32-22-7-5-4-6-8-22/h4-10,13-14,16,18,24H,11-12,15,17H2,1-3H3,(H,28,31)(H,29,30). The molecule has 174 valence electrons. The van der Waals surface area contributed by atoms with Crippen LogP contribution in [0.15, 0.2) is 60.0 Å². The molecule has 2 N–H and O–H groups in total. The lowest BCUT2D eigenvalue weighted by Gasteiger charge is -2.22. The fraction of sp³-hybridized carbons (Fsp3) is 0.333. The summed E-state index contributed by atoms with van der Waals surface area (Å²) < 4.78 is 5.85. The molecule has 0 bridgehead atoms. The minimum Gasteiger partial charge on any atom is -0.489 e. The first-order chi connectivity index (χ1) is 15.8. The topological polar surface area (TPSA) is 75.6 Å². The van der Waals surface area contributed by atoms with Gasteiger partial charge in [0, 0.05) is 16.9 Å². The van der Waals surface area contributed by atoms with Crippen LogP contribution in [0.4, 0.5) is 0 Å². The van der Waals surface area contributed by atoms with Crippen molar-refractivity contribution < 1.29 is 19.4 Å². The van der Waals surface area contributed by atoms with E-state index in [1.165, 1.54) is 5.56 Å². The molecule has 0 spiro atoms. The SMILES string of the molecule is Cc1ccsc1C(CC(C)C)NC(=O)c1cc(COc2ccccc2)ccc1CCC(=O)O. The predicted molar refractivity (Wildman–Crippen MR) is 132 cm³/mol. The second-order valence-electron chi connectivity index (χ2n) is 8.61. The van der Waals surface area contributed by atoms with Crippen LogP contribution in [0.1, 0.15) is 64.7 Å². The number of thiophene rings is 1. The van der Waals surface area contributed by atoms with E-state index in [0.29, 0.717) is 24.5 Å². The maximum Gasteiger partial charge on any atom is 0.303 e. The summed E-state index contributed by atoms with van der Waals surface area (Å²) in [6.07, 6.45) is 1.10. The minimum absolute atomic E-state index is 0.0282. The molecule has 0 aliphatic rings. The highest BCUT2D eigenvalue weighted by Crippen LogP contribution is 2.29. The van der Waals surface area contributed by atoms with Crippen LogP contribution in [0.5, 0.6) is 5.75 Å². The third kappa shape index (κ3) is 7.19. The summed E-state index contributed by atoms with van der Waals surface area (Å²) in [6.45, 7) is 6.66. The quantitative estimate of drug-likeness (QED) is 0.355. The number of hydrogen-bond donors (Lipinski definition) is 2. The number of carboxylic acids is 1. The molecule has 0 saturated carbocycles. The number of carboxylic acid groups (broad SMARTS) is 1. The molecule has 1 unspecified atom stereocenters. The number of hydrogen-bond acceptors (Lipinski definition) is 4. The van der Waals surface area contributed by atoms with E-state index in [4.69, 9.17) is 9.84 Å². The molecule has 6 heteroatoms. The average molecular weight is 466 g/mol. The molecule has 3 rings (SSSR count). The van der Waals surface area contributed by atoms with Gasteiger partial charge in [0.05, 0.1) is 6.04 Å². The molecule has 2 aromatic carbocycles. The largest absolute Gasteiger partial charge is 0.489 e. The van der Waals surface area contributed by atoms with E-state index >= 15 is 0 Å². The van der Waals surface area contributed by atoms with E-state index in [2.05, 4.69) is 32.2 Å². The van der Waals surface area contributed by atoms with Crippen LogP contribution < -0.4 is 10.1 Å². The van der Waals surface area contributed by atoms with Gasteiger partial charge >= 0.3 is 5.97 Å². The molecule has 1 heterocycles. The molecule has 33 heavy (non-hydrogen) atoms. The highest BCUT2D eigenvalue weighted by molar-refractivity contribution is 7.10. The van der Waals surface area contributed by atoms with Gasteiger partial charge in [-0.2, -0.15) is 0 Å². The van der Waals surface area contributed by atoms with E-state index in [0.717, 1.165) is 28.2 Å². The van der Waals surface area contributed by atoms with Gasteiger partial charge < -0.3 is 15.2 Å². The molecule has 1 amide bonds. The van der Waals surface area contributed by atoms with Gasteiger partial charge in [0.2, 0.25) is 0 Å². The van der Waals surface area contributed by atoms with Crippen LogP contribution in [0.2, 0.25) is 0 Å². The number of aliphatic carboxylic acids is 1. The fourth-order valence-corrected chi connectivity index (χ4v) is 4.74. The number of benzene rings is 2. The highest BCUT2D eigenvalue weighted by atomic mass is 32.1. The summed E-state index contributed by atoms with van der Waals surface area (Å²) in [6, 6.07) is 17.0. The average Bonchev–Trinajstić information content (AvgIpc) is 3.22. The minimum atomic E-state index is -0.884. The van der Waals surface area contributed by atoms with Crippen LogP contribution in [0.3, 0.4) is 0 Å². The Kier molecular flexibility index (Phi) is 8.66. The molecule has 0 fully saturated rings. The summed E-state index contributed by atoms with van der Waals surface area (Å²) in [7, 11) is 0. The maximum atomic E-state index is 13.4. The van der Waals surface area contributed by atoms with Gasteiger partial charge in [-0.25, -0.2) is 0 Å². The molecule has 1 atom stereocenters. The molecular weight excluding hydrogens is 434 g/mol. The van der Waals surface area contributed by atoms with Gasteiger partial charge in [-0.1, -0.05) is 44.2 Å². The first-order valence-electron chi connectivity index (χ1n) is 11.2.